The van der Waals surface area contributed by atoms with E-state index in [-0.39, 0.29) is 18.1 Å². The van der Waals surface area contributed by atoms with Crippen LogP contribution in [0, 0.1) is 6.92 Å². The lowest BCUT2D eigenvalue weighted by atomic mass is 10.1. The van der Waals surface area contributed by atoms with Crippen molar-refractivity contribution in [2.24, 2.45) is 0 Å². The van der Waals surface area contributed by atoms with Crippen LogP contribution in [0.2, 0.25) is 5.02 Å². The number of ether oxygens (including phenoxy) is 2. The quantitative estimate of drug-likeness (QED) is 0.710. The zero-order valence-corrected chi connectivity index (χ0v) is 16.0. The molecule has 1 atom stereocenters. The van der Waals surface area contributed by atoms with Crippen molar-refractivity contribution in [3.8, 4) is 11.5 Å². The predicted molar refractivity (Wildman–Crippen MR) is 100 cm³/mol. The van der Waals surface area contributed by atoms with E-state index in [4.69, 9.17) is 25.3 Å². The van der Waals surface area contributed by atoms with Crippen LogP contribution in [0.1, 0.15) is 18.1 Å². The number of benzene rings is 2. The van der Waals surface area contributed by atoms with Crippen molar-refractivity contribution in [2.75, 3.05) is 13.2 Å². The molecule has 0 saturated heterocycles. The summed E-state index contributed by atoms with van der Waals surface area (Å²) in [6.45, 7) is 3.79. The third-order valence-corrected chi connectivity index (χ3v) is 5.34. The number of aryl methyl sites for hydroxylation is 1. The molecule has 2 aromatic rings. The predicted octanol–water partition coefficient (Wildman–Crippen LogP) is 4.23. The summed E-state index contributed by atoms with van der Waals surface area (Å²) in [5.41, 5.74) is 1.74. The summed E-state index contributed by atoms with van der Waals surface area (Å²) in [5, 5.41) is 0.539. The summed E-state index contributed by atoms with van der Waals surface area (Å²) in [5.74, 6) is 1.06. The third-order valence-electron chi connectivity index (χ3n) is 3.82. The Morgan fingerprint density at radius 2 is 2.00 bits per heavy atom. The van der Waals surface area contributed by atoms with Crippen molar-refractivity contribution >= 4 is 27.8 Å². The van der Waals surface area contributed by atoms with E-state index in [0.717, 1.165) is 11.1 Å². The van der Waals surface area contributed by atoms with Crippen LogP contribution in [0.25, 0.3) is 6.08 Å². The first-order chi connectivity index (χ1) is 12.4. The lowest BCUT2D eigenvalue weighted by Crippen LogP contribution is -2.34. The molecule has 0 aliphatic carbocycles. The summed E-state index contributed by atoms with van der Waals surface area (Å²) in [4.78, 5) is 0.113. The van der Waals surface area contributed by atoms with Crippen molar-refractivity contribution in [3.05, 3.63) is 58.6 Å². The summed E-state index contributed by atoms with van der Waals surface area (Å²) >= 11 is 6.08. The summed E-state index contributed by atoms with van der Waals surface area (Å²) in [6, 6.07) is 9.91. The van der Waals surface area contributed by atoms with Crippen LogP contribution >= 0.6 is 11.6 Å². The van der Waals surface area contributed by atoms with E-state index in [2.05, 4.69) is 0 Å². The highest BCUT2D eigenvalue weighted by Crippen LogP contribution is 2.39. The van der Waals surface area contributed by atoms with E-state index < -0.39 is 16.2 Å². The fourth-order valence-corrected chi connectivity index (χ4v) is 3.68. The van der Waals surface area contributed by atoms with Crippen LogP contribution in [0.4, 0.5) is 0 Å². The molecule has 1 unspecified atom stereocenters. The molecule has 138 valence electrons. The molecule has 1 aliphatic rings. The second-order valence-corrected chi connectivity index (χ2v) is 7.98. The molecule has 0 N–H and O–H groups in total. The van der Waals surface area contributed by atoms with E-state index in [0.29, 0.717) is 16.5 Å². The molecule has 0 fully saturated rings. The Hall–Kier alpha value is -2.02. The molecule has 0 spiro atoms. The first-order valence-electron chi connectivity index (χ1n) is 8.11. The van der Waals surface area contributed by atoms with Crippen LogP contribution in [0.5, 0.6) is 11.5 Å². The van der Waals surface area contributed by atoms with Gasteiger partial charge < -0.3 is 9.47 Å². The van der Waals surface area contributed by atoms with E-state index in [1.807, 2.05) is 26.0 Å². The van der Waals surface area contributed by atoms with E-state index in [1.165, 1.54) is 12.1 Å². The maximum absolute atomic E-state index is 12.3. The highest BCUT2D eigenvalue weighted by molar-refractivity contribution is 7.86. The minimum Gasteiger partial charge on any atom is -0.486 e. The Bertz CT molecular complexity index is 920. The van der Waals surface area contributed by atoms with Gasteiger partial charge in [-0.1, -0.05) is 41.4 Å². The van der Waals surface area contributed by atoms with Crippen molar-refractivity contribution in [1.82, 2.24) is 0 Å². The smallest absolute Gasteiger partial charge is 0.297 e. The molecule has 0 aromatic heterocycles. The number of rotatable bonds is 5. The lowest BCUT2D eigenvalue weighted by molar-refractivity contribution is 0.0553. The zero-order valence-electron chi connectivity index (χ0n) is 14.4. The topological polar surface area (TPSA) is 61.8 Å². The third kappa shape index (κ3) is 4.20. The molecule has 26 heavy (non-hydrogen) atoms. The zero-order chi connectivity index (χ0) is 18.7. The van der Waals surface area contributed by atoms with Crippen molar-refractivity contribution in [2.45, 2.75) is 24.8 Å². The van der Waals surface area contributed by atoms with Crippen LogP contribution in [-0.4, -0.2) is 27.7 Å². The van der Waals surface area contributed by atoms with Gasteiger partial charge in [-0.05, 0) is 32.0 Å². The van der Waals surface area contributed by atoms with Gasteiger partial charge in [0.1, 0.15) is 13.2 Å². The summed E-state index contributed by atoms with van der Waals surface area (Å²) < 4.78 is 41.3. The van der Waals surface area contributed by atoms with Gasteiger partial charge in [-0.3, -0.25) is 4.18 Å². The van der Waals surface area contributed by atoms with Gasteiger partial charge in [-0.25, -0.2) is 0 Å². The summed E-state index contributed by atoms with van der Waals surface area (Å²) in [7, 11) is -3.85. The van der Waals surface area contributed by atoms with E-state index in [9.17, 15) is 8.42 Å². The minimum absolute atomic E-state index is 0.113. The first-order valence-corrected chi connectivity index (χ1v) is 9.89. The molecule has 2 aromatic carbocycles. The summed E-state index contributed by atoms with van der Waals surface area (Å²) in [6.07, 6.45) is 3.16. The van der Waals surface area contributed by atoms with Crippen molar-refractivity contribution in [1.29, 1.82) is 0 Å². The second-order valence-electron chi connectivity index (χ2n) is 5.92. The average molecular weight is 395 g/mol. The van der Waals surface area contributed by atoms with Crippen LogP contribution in [0.3, 0.4) is 0 Å². The molecule has 7 heteroatoms. The number of allylic oxidation sites excluding steroid dienone is 1. The Labute approximate surface area is 158 Å². The molecule has 5 nitrogen and oxygen atoms in total. The van der Waals surface area contributed by atoms with Crippen LogP contribution in [-0.2, 0) is 14.3 Å². The maximum Gasteiger partial charge on any atom is 0.297 e. The number of fused-ring (bicyclic) bond motifs is 1. The molecular formula is C19H19ClO5S. The normalized spacial score (nSPS) is 16.8. The molecule has 0 bridgehead atoms. The average Bonchev–Trinajstić information content (AvgIpc) is 2.61. The van der Waals surface area contributed by atoms with Gasteiger partial charge in [0.2, 0.25) is 0 Å². The molecule has 0 amide bonds. The minimum atomic E-state index is -3.85. The SMILES string of the molecule is C/C=C\c1cc(Cl)cc2c1OC(COS(=O)(=O)c1ccc(C)cc1)CO2. The fourth-order valence-electron chi connectivity index (χ4n) is 2.53. The number of hydrogen-bond donors (Lipinski definition) is 0. The molecule has 0 saturated carbocycles. The Kier molecular flexibility index (Phi) is 5.55. The molecule has 0 radical (unpaired) electrons. The van der Waals surface area contributed by atoms with Gasteiger partial charge in [0.25, 0.3) is 10.1 Å². The lowest BCUT2D eigenvalue weighted by Gasteiger charge is -2.27. The number of hydrogen-bond acceptors (Lipinski definition) is 5. The monoisotopic (exact) mass is 394 g/mol. The van der Waals surface area contributed by atoms with Crippen LogP contribution < -0.4 is 9.47 Å². The van der Waals surface area contributed by atoms with Gasteiger partial charge >= 0.3 is 0 Å². The number of halogens is 1. The highest BCUT2D eigenvalue weighted by atomic mass is 35.5. The van der Waals surface area contributed by atoms with E-state index in [1.54, 1.807) is 24.3 Å². The first kappa shape index (κ1) is 18.8. The molecule has 1 heterocycles. The molecule has 1 aliphatic heterocycles. The Morgan fingerprint density at radius 1 is 1.27 bits per heavy atom. The van der Waals surface area contributed by atoms with Gasteiger partial charge in [0.05, 0.1) is 4.90 Å². The second kappa shape index (κ2) is 7.70. The highest BCUT2D eigenvalue weighted by Gasteiger charge is 2.26. The van der Waals surface area contributed by atoms with Crippen molar-refractivity contribution in [3.63, 3.8) is 0 Å². The Morgan fingerprint density at radius 3 is 2.69 bits per heavy atom. The molecule has 3 rings (SSSR count). The van der Waals surface area contributed by atoms with Gasteiger partial charge in [-0.2, -0.15) is 8.42 Å². The maximum atomic E-state index is 12.3. The van der Waals surface area contributed by atoms with Gasteiger partial charge in [-0.15, -0.1) is 0 Å². The standard InChI is InChI=1S/C19H19ClO5S/c1-3-4-14-9-15(20)10-18-19(14)25-16(11-23-18)12-24-26(21,22)17-7-5-13(2)6-8-17/h3-10,16H,11-12H2,1-2H3/b4-3-. The van der Waals surface area contributed by atoms with Crippen LogP contribution in [0.15, 0.2) is 47.4 Å². The van der Waals surface area contributed by atoms with Crippen molar-refractivity contribution < 1.29 is 22.1 Å². The molecular weight excluding hydrogens is 376 g/mol. The van der Waals surface area contributed by atoms with E-state index >= 15 is 0 Å². The largest absolute Gasteiger partial charge is 0.486 e. The fraction of sp³-hybridized carbons (Fsp3) is 0.263. The van der Waals surface area contributed by atoms with Gasteiger partial charge in [0.15, 0.2) is 17.6 Å². The van der Waals surface area contributed by atoms with Gasteiger partial charge in [0, 0.05) is 16.7 Å². The Balaban J connectivity index is 1.72.